The Labute approximate surface area is 107 Å². The molecule has 0 bridgehead atoms. The highest BCUT2D eigenvalue weighted by atomic mass is 32.2. The molecule has 1 saturated heterocycles. The van der Waals surface area contributed by atoms with Gasteiger partial charge < -0.3 is 9.84 Å². The molecule has 1 saturated carbocycles. The molecule has 2 fully saturated rings. The molecule has 98 valence electrons. The van der Waals surface area contributed by atoms with Gasteiger partial charge in [-0.3, -0.25) is 4.79 Å². The predicted octanol–water partition coefficient (Wildman–Crippen LogP) is 2.93. The Morgan fingerprint density at radius 2 is 2.00 bits per heavy atom. The number of carboxylic acid groups (broad SMARTS) is 1. The van der Waals surface area contributed by atoms with Gasteiger partial charge in [-0.05, 0) is 37.5 Å². The van der Waals surface area contributed by atoms with Crippen LogP contribution in [0.1, 0.15) is 46.0 Å². The molecule has 1 spiro atoms. The molecule has 1 N–H and O–H groups in total. The van der Waals surface area contributed by atoms with E-state index < -0.39 is 10.7 Å². The van der Waals surface area contributed by atoms with E-state index in [9.17, 15) is 9.90 Å². The average Bonchev–Trinajstić information content (AvgIpc) is 2.27. The van der Waals surface area contributed by atoms with Crippen LogP contribution in [0.25, 0.3) is 0 Å². The van der Waals surface area contributed by atoms with E-state index in [0.29, 0.717) is 5.25 Å². The van der Waals surface area contributed by atoms with Crippen molar-refractivity contribution in [3.05, 3.63) is 0 Å². The molecule has 2 aliphatic rings. The second-order valence-electron chi connectivity index (χ2n) is 5.60. The van der Waals surface area contributed by atoms with Crippen LogP contribution in [-0.4, -0.2) is 34.3 Å². The van der Waals surface area contributed by atoms with Gasteiger partial charge in [0, 0.05) is 18.5 Å². The fourth-order valence-corrected chi connectivity index (χ4v) is 4.89. The van der Waals surface area contributed by atoms with Crippen molar-refractivity contribution < 1.29 is 14.6 Å². The summed E-state index contributed by atoms with van der Waals surface area (Å²) >= 11 is 1.67. The quantitative estimate of drug-likeness (QED) is 0.842. The number of carboxylic acids is 1. The summed E-state index contributed by atoms with van der Waals surface area (Å²) in [6.07, 6.45) is 4.81. The zero-order valence-electron chi connectivity index (χ0n) is 10.7. The van der Waals surface area contributed by atoms with Crippen molar-refractivity contribution in [1.29, 1.82) is 0 Å². The summed E-state index contributed by atoms with van der Waals surface area (Å²) in [6, 6.07) is 0. The highest BCUT2D eigenvalue weighted by Gasteiger charge is 2.59. The third-order valence-corrected chi connectivity index (χ3v) is 5.92. The van der Waals surface area contributed by atoms with Crippen LogP contribution in [0.2, 0.25) is 0 Å². The fourth-order valence-electron chi connectivity index (χ4n) is 3.07. The average molecular weight is 258 g/mol. The van der Waals surface area contributed by atoms with Crippen LogP contribution in [0.4, 0.5) is 0 Å². The predicted molar refractivity (Wildman–Crippen MR) is 69.4 cm³/mol. The second kappa shape index (κ2) is 4.81. The van der Waals surface area contributed by atoms with Crippen molar-refractivity contribution >= 4 is 17.7 Å². The van der Waals surface area contributed by atoms with Crippen LogP contribution < -0.4 is 0 Å². The standard InChI is InChI=1S/C13H22O3S/c1-3-10(2)17-13(11(14)15)8-12(9-13)4-6-16-7-5-12/h10H,3-9H2,1-2H3,(H,14,15). The molecule has 1 heterocycles. The summed E-state index contributed by atoms with van der Waals surface area (Å²) < 4.78 is 4.87. The lowest BCUT2D eigenvalue weighted by Crippen LogP contribution is -2.57. The van der Waals surface area contributed by atoms with Crippen LogP contribution in [0.3, 0.4) is 0 Å². The van der Waals surface area contributed by atoms with Crippen LogP contribution in [0, 0.1) is 5.41 Å². The lowest BCUT2D eigenvalue weighted by Gasteiger charge is -2.55. The Balaban J connectivity index is 2.00. The largest absolute Gasteiger partial charge is 0.480 e. The molecule has 0 aromatic carbocycles. The summed E-state index contributed by atoms with van der Waals surface area (Å²) in [6.45, 7) is 5.87. The van der Waals surface area contributed by atoms with Crippen molar-refractivity contribution in [2.45, 2.75) is 55.9 Å². The van der Waals surface area contributed by atoms with Gasteiger partial charge in [-0.25, -0.2) is 0 Å². The maximum atomic E-state index is 11.5. The first-order valence-corrected chi connectivity index (χ1v) is 7.39. The van der Waals surface area contributed by atoms with Gasteiger partial charge in [0.1, 0.15) is 4.75 Å². The van der Waals surface area contributed by atoms with Gasteiger partial charge in [-0.1, -0.05) is 13.8 Å². The van der Waals surface area contributed by atoms with Crippen molar-refractivity contribution in [2.75, 3.05) is 13.2 Å². The Hall–Kier alpha value is -0.220. The normalized spacial score (nSPS) is 27.4. The molecule has 1 aliphatic heterocycles. The highest BCUT2D eigenvalue weighted by Crippen LogP contribution is 2.61. The van der Waals surface area contributed by atoms with Gasteiger partial charge in [0.15, 0.2) is 0 Å². The molecule has 1 aliphatic carbocycles. The van der Waals surface area contributed by atoms with Crippen molar-refractivity contribution in [1.82, 2.24) is 0 Å². The van der Waals surface area contributed by atoms with Crippen molar-refractivity contribution in [2.24, 2.45) is 5.41 Å². The maximum Gasteiger partial charge on any atom is 0.319 e. The lowest BCUT2D eigenvalue weighted by atomic mass is 9.57. The topological polar surface area (TPSA) is 46.5 Å². The van der Waals surface area contributed by atoms with E-state index in [-0.39, 0.29) is 5.41 Å². The second-order valence-corrected chi connectivity index (χ2v) is 7.42. The molecule has 0 aromatic heterocycles. The number of thioether (sulfide) groups is 1. The van der Waals surface area contributed by atoms with Crippen LogP contribution in [-0.2, 0) is 9.53 Å². The Kier molecular flexibility index (Phi) is 3.74. The number of hydrogen-bond acceptors (Lipinski definition) is 3. The van der Waals surface area contributed by atoms with Crippen molar-refractivity contribution in [3.8, 4) is 0 Å². The third kappa shape index (κ3) is 2.48. The lowest BCUT2D eigenvalue weighted by molar-refractivity contribution is -0.150. The highest BCUT2D eigenvalue weighted by molar-refractivity contribution is 8.02. The molecule has 4 heteroatoms. The fraction of sp³-hybridized carbons (Fsp3) is 0.923. The van der Waals surface area contributed by atoms with Gasteiger partial charge in [0.05, 0.1) is 0 Å². The van der Waals surface area contributed by atoms with E-state index in [1.165, 1.54) is 0 Å². The summed E-state index contributed by atoms with van der Waals surface area (Å²) in [4.78, 5) is 11.5. The first-order chi connectivity index (χ1) is 8.02. The van der Waals surface area contributed by atoms with Crippen LogP contribution in [0.5, 0.6) is 0 Å². The molecule has 0 amide bonds. The van der Waals surface area contributed by atoms with Crippen LogP contribution >= 0.6 is 11.8 Å². The van der Waals surface area contributed by atoms with Gasteiger partial charge in [0.25, 0.3) is 0 Å². The van der Waals surface area contributed by atoms with E-state index in [0.717, 1.165) is 45.3 Å². The number of carbonyl (C=O) groups is 1. The van der Waals surface area contributed by atoms with Gasteiger partial charge in [0.2, 0.25) is 0 Å². The van der Waals surface area contributed by atoms with E-state index in [4.69, 9.17) is 4.74 Å². The number of rotatable bonds is 4. The van der Waals surface area contributed by atoms with E-state index in [2.05, 4.69) is 13.8 Å². The van der Waals surface area contributed by atoms with Gasteiger partial charge in [-0.2, -0.15) is 0 Å². The minimum Gasteiger partial charge on any atom is -0.480 e. The van der Waals surface area contributed by atoms with Crippen molar-refractivity contribution in [3.63, 3.8) is 0 Å². The zero-order chi connectivity index (χ0) is 12.5. The molecule has 2 rings (SSSR count). The van der Waals surface area contributed by atoms with E-state index in [1.807, 2.05) is 0 Å². The molecule has 1 atom stereocenters. The van der Waals surface area contributed by atoms with Gasteiger partial charge in [-0.15, -0.1) is 11.8 Å². The molecule has 17 heavy (non-hydrogen) atoms. The Morgan fingerprint density at radius 1 is 1.41 bits per heavy atom. The molecule has 0 aromatic rings. The van der Waals surface area contributed by atoms with Gasteiger partial charge >= 0.3 is 5.97 Å². The Morgan fingerprint density at radius 3 is 2.47 bits per heavy atom. The molecular weight excluding hydrogens is 236 g/mol. The molecule has 3 nitrogen and oxygen atoms in total. The zero-order valence-corrected chi connectivity index (χ0v) is 11.5. The number of hydrogen-bond donors (Lipinski definition) is 1. The molecular formula is C13H22O3S. The first-order valence-electron chi connectivity index (χ1n) is 6.51. The summed E-state index contributed by atoms with van der Waals surface area (Å²) in [5, 5.41) is 9.92. The number of ether oxygens (including phenoxy) is 1. The maximum absolute atomic E-state index is 11.5. The third-order valence-electron chi connectivity index (χ3n) is 4.27. The summed E-state index contributed by atoms with van der Waals surface area (Å²) in [5.41, 5.74) is 0.275. The summed E-state index contributed by atoms with van der Waals surface area (Å²) in [5.74, 6) is -0.611. The number of aliphatic carboxylic acids is 1. The summed E-state index contributed by atoms with van der Waals surface area (Å²) in [7, 11) is 0. The van der Waals surface area contributed by atoms with E-state index >= 15 is 0 Å². The smallest absolute Gasteiger partial charge is 0.319 e. The monoisotopic (exact) mass is 258 g/mol. The Bertz CT molecular complexity index is 289. The SMILES string of the molecule is CCC(C)SC1(C(=O)O)CC2(CCOCC2)C1. The minimum absolute atomic E-state index is 0.275. The first kappa shape index (κ1) is 13.2. The molecule has 0 radical (unpaired) electrons. The van der Waals surface area contributed by atoms with E-state index in [1.54, 1.807) is 11.8 Å². The minimum atomic E-state index is -0.611. The van der Waals surface area contributed by atoms with Crippen LogP contribution in [0.15, 0.2) is 0 Å². The molecule has 1 unspecified atom stereocenters.